The largest absolute Gasteiger partial charge is 0.508 e. The lowest BCUT2D eigenvalue weighted by Crippen LogP contribution is -2.44. The molecule has 1 fully saturated rings. The summed E-state index contributed by atoms with van der Waals surface area (Å²) < 4.78 is 0. The van der Waals surface area contributed by atoms with Gasteiger partial charge in [0.2, 0.25) is 0 Å². The predicted octanol–water partition coefficient (Wildman–Crippen LogP) is 3.91. The van der Waals surface area contributed by atoms with E-state index in [-0.39, 0.29) is 5.91 Å². The van der Waals surface area contributed by atoms with E-state index in [1.807, 2.05) is 24.3 Å². The third kappa shape index (κ3) is 3.81. The quantitative estimate of drug-likeness (QED) is 0.875. The van der Waals surface area contributed by atoms with Crippen molar-refractivity contribution in [2.75, 3.05) is 6.54 Å². The summed E-state index contributed by atoms with van der Waals surface area (Å²) in [6.45, 7) is 2.93. The molecule has 0 bridgehead atoms. The molecule has 1 aliphatic rings. The van der Waals surface area contributed by atoms with Crippen molar-refractivity contribution in [3.8, 4) is 5.75 Å². The number of aryl methyl sites for hydroxylation is 2. The molecule has 2 aromatic rings. The highest BCUT2D eigenvalue weighted by Crippen LogP contribution is 2.24. The van der Waals surface area contributed by atoms with E-state index in [0.29, 0.717) is 17.5 Å². The van der Waals surface area contributed by atoms with Crippen molar-refractivity contribution in [2.45, 2.75) is 51.5 Å². The zero-order valence-electron chi connectivity index (χ0n) is 14.3. The fraction of sp³-hybridized carbons (Fsp3) is 0.450. The van der Waals surface area contributed by atoms with Crippen LogP contribution in [-0.4, -0.2) is 33.5 Å². The van der Waals surface area contributed by atoms with Crippen LogP contribution < -0.4 is 0 Å². The van der Waals surface area contributed by atoms with Crippen LogP contribution in [0.4, 0.5) is 0 Å². The minimum Gasteiger partial charge on any atom is -0.508 e. The first kappa shape index (κ1) is 16.6. The fourth-order valence-electron chi connectivity index (χ4n) is 3.49. The van der Waals surface area contributed by atoms with Gasteiger partial charge in [-0.1, -0.05) is 19.1 Å². The average molecular weight is 326 g/mol. The third-order valence-corrected chi connectivity index (χ3v) is 4.95. The molecule has 1 atom stereocenters. The number of hydrogen-bond donors (Lipinski definition) is 2. The van der Waals surface area contributed by atoms with Crippen molar-refractivity contribution in [3.63, 3.8) is 0 Å². The minimum atomic E-state index is 0.130. The van der Waals surface area contributed by atoms with E-state index in [9.17, 15) is 9.90 Å². The lowest BCUT2D eigenvalue weighted by molar-refractivity contribution is 0.0596. The minimum absolute atomic E-state index is 0.130. The molecular formula is C20H26N2O2. The lowest BCUT2D eigenvalue weighted by Gasteiger charge is -2.35. The Morgan fingerprint density at radius 1 is 1.21 bits per heavy atom. The van der Waals surface area contributed by atoms with Gasteiger partial charge in [0.1, 0.15) is 11.4 Å². The molecule has 1 saturated heterocycles. The molecule has 2 heterocycles. The maximum Gasteiger partial charge on any atom is 0.270 e. The Labute approximate surface area is 143 Å². The molecule has 1 aromatic carbocycles. The number of hydrogen-bond acceptors (Lipinski definition) is 2. The Kier molecular flexibility index (Phi) is 5.24. The predicted molar refractivity (Wildman–Crippen MR) is 95.3 cm³/mol. The molecular weight excluding hydrogens is 300 g/mol. The number of rotatable bonds is 5. The van der Waals surface area contributed by atoms with Crippen molar-refractivity contribution in [2.24, 2.45) is 0 Å². The number of aromatic hydroxyl groups is 1. The second kappa shape index (κ2) is 7.56. The second-order valence-corrected chi connectivity index (χ2v) is 6.60. The number of likely N-dealkylation sites (tertiary alicyclic amines) is 1. The van der Waals surface area contributed by atoms with Crippen LogP contribution >= 0.6 is 0 Å². The van der Waals surface area contributed by atoms with Crippen LogP contribution in [0.5, 0.6) is 5.75 Å². The van der Waals surface area contributed by atoms with Crippen LogP contribution in [0.25, 0.3) is 0 Å². The number of aromatic nitrogens is 1. The number of H-pyrrole nitrogens is 1. The third-order valence-electron chi connectivity index (χ3n) is 4.95. The standard InChI is InChI=1S/C20H26N2O2/c1-2-16-9-13-19(21-16)20(24)22-14-4-3-5-17(22)10-6-15-7-11-18(23)12-8-15/h7-9,11-13,17,21,23H,2-6,10,14H2,1H3. The summed E-state index contributed by atoms with van der Waals surface area (Å²) in [6.07, 6.45) is 6.16. The number of carbonyl (C=O) groups is 1. The smallest absolute Gasteiger partial charge is 0.270 e. The topological polar surface area (TPSA) is 56.3 Å². The van der Waals surface area contributed by atoms with Gasteiger partial charge in [-0.05, 0) is 68.4 Å². The molecule has 24 heavy (non-hydrogen) atoms. The highest BCUT2D eigenvalue weighted by atomic mass is 16.3. The van der Waals surface area contributed by atoms with Crippen LogP contribution in [0.2, 0.25) is 0 Å². The number of phenolic OH excluding ortho intramolecular Hbond substituents is 1. The molecule has 0 saturated carbocycles. The molecule has 4 nitrogen and oxygen atoms in total. The van der Waals surface area contributed by atoms with Gasteiger partial charge in [0.05, 0.1) is 0 Å². The number of piperidine rings is 1. The van der Waals surface area contributed by atoms with E-state index in [0.717, 1.165) is 44.3 Å². The highest BCUT2D eigenvalue weighted by Gasteiger charge is 2.27. The number of nitrogens with one attached hydrogen (secondary N) is 1. The summed E-state index contributed by atoms with van der Waals surface area (Å²) >= 11 is 0. The molecule has 1 aromatic heterocycles. The van der Waals surface area contributed by atoms with E-state index in [4.69, 9.17) is 0 Å². The molecule has 2 N–H and O–H groups in total. The number of carbonyl (C=O) groups excluding carboxylic acids is 1. The normalized spacial score (nSPS) is 17.9. The SMILES string of the molecule is CCc1ccc(C(=O)N2CCCCC2CCc2ccc(O)cc2)[nH]1. The molecule has 1 unspecified atom stereocenters. The van der Waals surface area contributed by atoms with Gasteiger partial charge in [-0.25, -0.2) is 0 Å². The van der Waals surface area contributed by atoms with Gasteiger partial charge in [0, 0.05) is 18.3 Å². The van der Waals surface area contributed by atoms with Crippen LogP contribution in [0.15, 0.2) is 36.4 Å². The van der Waals surface area contributed by atoms with Crippen LogP contribution in [-0.2, 0) is 12.8 Å². The van der Waals surface area contributed by atoms with Gasteiger partial charge in [0.25, 0.3) is 5.91 Å². The van der Waals surface area contributed by atoms with E-state index < -0.39 is 0 Å². The maximum absolute atomic E-state index is 12.9. The number of phenols is 1. The van der Waals surface area contributed by atoms with Gasteiger partial charge >= 0.3 is 0 Å². The Balaban J connectivity index is 1.66. The number of amides is 1. The zero-order chi connectivity index (χ0) is 16.9. The second-order valence-electron chi connectivity index (χ2n) is 6.60. The monoisotopic (exact) mass is 326 g/mol. The molecule has 1 amide bonds. The van der Waals surface area contributed by atoms with Crippen molar-refractivity contribution >= 4 is 5.91 Å². The molecule has 0 radical (unpaired) electrons. The number of aromatic amines is 1. The van der Waals surface area contributed by atoms with E-state index in [1.54, 1.807) is 12.1 Å². The first-order valence-electron chi connectivity index (χ1n) is 8.94. The first-order chi connectivity index (χ1) is 11.7. The molecule has 3 rings (SSSR count). The van der Waals surface area contributed by atoms with Crippen LogP contribution in [0.3, 0.4) is 0 Å². The Bertz CT molecular complexity index is 675. The number of benzene rings is 1. The van der Waals surface area contributed by atoms with Crippen molar-refractivity contribution < 1.29 is 9.90 Å². The summed E-state index contributed by atoms with van der Waals surface area (Å²) in [5.41, 5.74) is 3.03. The van der Waals surface area contributed by atoms with E-state index in [2.05, 4.69) is 16.8 Å². The van der Waals surface area contributed by atoms with Crippen molar-refractivity contribution in [1.29, 1.82) is 0 Å². The van der Waals surface area contributed by atoms with Crippen molar-refractivity contribution in [3.05, 3.63) is 53.3 Å². The summed E-state index contributed by atoms with van der Waals surface area (Å²) in [5.74, 6) is 0.428. The van der Waals surface area contributed by atoms with Gasteiger partial charge in [-0.15, -0.1) is 0 Å². The van der Waals surface area contributed by atoms with E-state index >= 15 is 0 Å². The van der Waals surface area contributed by atoms with Crippen LogP contribution in [0.1, 0.15) is 54.4 Å². The van der Waals surface area contributed by atoms with Gasteiger partial charge < -0.3 is 15.0 Å². The molecule has 0 spiro atoms. The molecule has 4 heteroatoms. The summed E-state index contributed by atoms with van der Waals surface area (Å²) in [6, 6.07) is 11.6. The summed E-state index contributed by atoms with van der Waals surface area (Å²) in [4.78, 5) is 18.1. The molecule has 0 aliphatic carbocycles. The van der Waals surface area contributed by atoms with Crippen molar-refractivity contribution in [1.82, 2.24) is 9.88 Å². The first-order valence-corrected chi connectivity index (χ1v) is 8.94. The Morgan fingerprint density at radius 2 is 2.00 bits per heavy atom. The van der Waals surface area contributed by atoms with E-state index in [1.165, 1.54) is 12.0 Å². The summed E-state index contributed by atoms with van der Waals surface area (Å²) in [5, 5.41) is 9.38. The van der Waals surface area contributed by atoms with Gasteiger partial charge in [0.15, 0.2) is 0 Å². The van der Waals surface area contributed by atoms with Gasteiger partial charge in [-0.2, -0.15) is 0 Å². The van der Waals surface area contributed by atoms with Gasteiger partial charge in [-0.3, -0.25) is 4.79 Å². The average Bonchev–Trinajstić information content (AvgIpc) is 3.10. The molecule has 1 aliphatic heterocycles. The molecule has 128 valence electrons. The van der Waals surface area contributed by atoms with Crippen LogP contribution in [0, 0.1) is 0 Å². The summed E-state index contributed by atoms with van der Waals surface area (Å²) in [7, 11) is 0. The lowest BCUT2D eigenvalue weighted by atomic mass is 9.95. The highest BCUT2D eigenvalue weighted by molar-refractivity contribution is 5.92. The maximum atomic E-state index is 12.9. The number of nitrogens with zero attached hydrogens (tertiary/aromatic N) is 1. The Hall–Kier alpha value is -2.23. The zero-order valence-corrected chi connectivity index (χ0v) is 14.3. The Morgan fingerprint density at radius 3 is 2.71 bits per heavy atom. The fourth-order valence-corrected chi connectivity index (χ4v) is 3.49.